The van der Waals surface area contributed by atoms with Gasteiger partial charge in [0.2, 0.25) is 0 Å². The van der Waals surface area contributed by atoms with Crippen LogP contribution in [0, 0.1) is 6.92 Å². The van der Waals surface area contributed by atoms with Crippen LogP contribution in [0.25, 0.3) is 0 Å². The van der Waals surface area contributed by atoms with Crippen LogP contribution < -0.4 is 21.4 Å². The van der Waals surface area contributed by atoms with Gasteiger partial charge in [0.25, 0.3) is 5.56 Å². The molecule has 3 atom stereocenters. The van der Waals surface area contributed by atoms with Crippen molar-refractivity contribution in [3.05, 3.63) is 32.6 Å². The molecule has 0 spiro atoms. The fourth-order valence-electron chi connectivity index (χ4n) is 2.62. The van der Waals surface area contributed by atoms with Crippen molar-refractivity contribution in [2.45, 2.75) is 31.8 Å². The number of halogens is 1. The van der Waals surface area contributed by atoms with Gasteiger partial charge in [-0.25, -0.2) is 19.4 Å². The van der Waals surface area contributed by atoms with Gasteiger partial charge in [-0.2, -0.15) is 0 Å². The summed E-state index contributed by atoms with van der Waals surface area (Å²) in [6.45, 7) is -0.0791. The van der Waals surface area contributed by atoms with Gasteiger partial charge in [0.15, 0.2) is 0 Å². The van der Waals surface area contributed by atoms with E-state index in [-0.39, 0.29) is 12.0 Å². The van der Waals surface area contributed by atoms with Crippen LogP contribution in [-0.2, 0) is 32.9 Å². The Morgan fingerprint density at radius 1 is 1.26 bits per heavy atom. The molecule has 2 heterocycles. The Morgan fingerprint density at radius 3 is 2.39 bits per heavy atom. The van der Waals surface area contributed by atoms with Crippen LogP contribution in [0.2, 0.25) is 0 Å². The second-order valence-electron chi connectivity index (χ2n) is 6.53. The molecule has 0 bridgehead atoms. The molecule has 0 amide bonds. The molecule has 2 rings (SSSR count). The minimum absolute atomic E-state index is 0.213. The highest BCUT2D eigenvalue weighted by molar-refractivity contribution is 7.54. The van der Waals surface area contributed by atoms with E-state index < -0.39 is 69.1 Å². The molecule has 0 radical (unpaired) electrons. The summed E-state index contributed by atoms with van der Waals surface area (Å²) in [4.78, 5) is 48.2. The lowest BCUT2D eigenvalue weighted by atomic mass is 10.2. The van der Waals surface area contributed by atoms with E-state index in [0.29, 0.717) is 0 Å². The molecule has 174 valence electrons. The van der Waals surface area contributed by atoms with E-state index in [1.54, 1.807) is 0 Å². The van der Waals surface area contributed by atoms with Crippen LogP contribution in [0.1, 0.15) is 18.2 Å². The number of H-pyrrole nitrogens is 1. The van der Waals surface area contributed by atoms with Gasteiger partial charge in [-0.3, -0.25) is 28.5 Å². The molecule has 0 unspecified atom stereocenters. The highest BCUT2D eigenvalue weighted by Crippen LogP contribution is 2.39. The molecule has 1 aromatic heterocycles. The van der Waals surface area contributed by atoms with Crippen molar-refractivity contribution in [1.29, 1.82) is 0 Å². The normalized spacial score (nSPS) is 21.1. The van der Waals surface area contributed by atoms with Crippen LogP contribution >= 0.6 is 7.67 Å². The number of aromatic amines is 1. The molecule has 1 aromatic rings. The molecule has 0 aliphatic carbocycles. The molecular weight excluding hydrogens is 442 g/mol. The second kappa shape index (κ2) is 10.8. The second-order valence-corrected chi connectivity index (χ2v) is 8.52. The van der Waals surface area contributed by atoms with Gasteiger partial charge in [-0.1, -0.05) is 0 Å². The zero-order valence-corrected chi connectivity index (χ0v) is 18.0. The zero-order chi connectivity index (χ0) is 23.2. The number of alkyl halides is 1. The summed E-state index contributed by atoms with van der Waals surface area (Å²) in [5.41, 5.74) is -1.09. The summed E-state index contributed by atoms with van der Waals surface area (Å²) in [6.07, 6.45) is -2.77. The third-order valence-electron chi connectivity index (χ3n) is 4.36. The molecule has 3 N–H and O–H groups in total. The number of nitrogens with zero attached hydrogens (tertiary/aromatic N) is 1. The predicted molar refractivity (Wildman–Crippen MR) is 103 cm³/mol. The van der Waals surface area contributed by atoms with Gasteiger partial charge in [0.1, 0.15) is 31.6 Å². The van der Waals surface area contributed by atoms with Crippen molar-refractivity contribution >= 4 is 19.6 Å². The molecule has 31 heavy (non-hydrogen) atoms. The summed E-state index contributed by atoms with van der Waals surface area (Å²) >= 11 is 0. The Morgan fingerprint density at radius 2 is 1.84 bits per heavy atom. The number of hydrogen-bond acceptors (Lipinski definition) is 9. The van der Waals surface area contributed by atoms with Crippen LogP contribution in [0.3, 0.4) is 0 Å². The van der Waals surface area contributed by atoms with Crippen LogP contribution in [0.5, 0.6) is 0 Å². The lowest BCUT2D eigenvalue weighted by Gasteiger charge is -2.22. The molecule has 1 saturated heterocycles. The molecule has 15 heteroatoms. The average Bonchev–Trinajstić information content (AvgIpc) is 3.11. The molecule has 0 saturated carbocycles. The number of nitrogens with one attached hydrogen (secondary N) is 3. The van der Waals surface area contributed by atoms with Crippen molar-refractivity contribution < 1.29 is 37.3 Å². The van der Waals surface area contributed by atoms with Crippen LogP contribution in [0.4, 0.5) is 4.39 Å². The molecule has 1 fully saturated rings. The van der Waals surface area contributed by atoms with Gasteiger partial charge in [-0.15, -0.1) is 0 Å². The van der Waals surface area contributed by atoms with E-state index in [1.165, 1.54) is 13.1 Å². The van der Waals surface area contributed by atoms with Crippen molar-refractivity contribution in [3.8, 4) is 0 Å². The first-order chi connectivity index (χ1) is 14.6. The highest BCUT2D eigenvalue weighted by Gasteiger charge is 2.39. The molecule has 1 aliphatic heterocycles. The summed E-state index contributed by atoms with van der Waals surface area (Å²) < 4.78 is 48.0. The fraction of sp³-hybridized carbons (Fsp3) is 0.625. The Labute approximate surface area is 175 Å². The number of carbonyl (C=O) groups excluding carboxylic acids is 2. The van der Waals surface area contributed by atoms with E-state index in [0.717, 1.165) is 18.8 Å². The number of aromatic nitrogens is 2. The Kier molecular flexibility index (Phi) is 8.65. The summed E-state index contributed by atoms with van der Waals surface area (Å²) in [6, 6.07) is 0. The van der Waals surface area contributed by atoms with E-state index >= 15 is 0 Å². The van der Waals surface area contributed by atoms with Crippen molar-refractivity contribution in [2.24, 2.45) is 0 Å². The molecule has 13 nitrogen and oxygen atoms in total. The van der Waals surface area contributed by atoms with Crippen LogP contribution in [-0.4, -0.2) is 67.7 Å². The zero-order valence-electron chi connectivity index (χ0n) is 17.1. The number of aryl methyl sites for hydroxylation is 1. The number of ether oxygens (including phenoxy) is 3. The average molecular weight is 466 g/mol. The Bertz CT molecular complexity index is 941. The van der Waals surface area contributed by atoms with Crippen molar-refractivity contribution in [2.75, 3.05) is 33.9 Å². The number of rotatable bonds is 10. The maximum atomic E-state index is 14.5. The summed E-state index contributed by atoms with van der Waals surface area (Å²) in [5.74, 6) is -1.51. The summed E-state index contributed by atoms with van der Waals surface area (Å²) in [7, 11) is -1.77. The largest absolute Gasteiger partial charge is 0.468 e. The first-order valence-electron chi connectivity index (χ1n) is 9.08. The first-order valence-corrected chi connectivity index (χ1v) is 10.7. The van der Waals surface area contributed by atoms with Gasteiger partial charge < -0.3 is 18.7 Å². The molecule has 0 aromatic carbocycles. The van der Waals surface area contributed by atoms with E-state index in [2.05, 4.69) is 24.6 Å². The molecular formula is C16H24FN4O9P. The van der Waals surface area contributed by atoms with E-state index in [1.807, 2.05) is 0 Å². The minimum atomic E-state index is -4.01. The SMILES string of the molecule is COC(=O)CNP(=O)(NCC(=O)OC)OC[C@H]1O[C@@H](n2cc(C)c(=O)[nH]c2=O)C[C@@H]1F. The van der Waals surface area contributed by atoms with Gasteiger partial charge >= 0.3 is 25.3 Å². The number of esters is 2. The number of methoxy groups -OCH3 is 2. The van der Waals surface area contributed by atoms with Crippen molar-refractivity contribution in [3.63, 3.8) is 0 Å². The van der Waals surface area contributed by atoms with E-state index in [9.17, 15) is 28.1 Å². The first kappa shape index (κ1) is 24.9. The van der Waals surface area contributed by atoms with Gasteiger partial charge in [0.05, 0.1) is 20.8 Å². The maximum Gasteiger partial charge on any atom is 0.341 e. The summed E-state index contributed by atoms with van der Waals surface area (Å²) in [5, 5.41) is 4.60. The third-order valence-corrected chi connectivity index (χ3v) is 6.02. The van der Waals surface area contributed by atoms with E-state index in [4.69, 9.17) is 9.26 Å². The topological polar surface area (TPSA) is 167 Å². The van der Waals surface area contributed by atoms with Crippen molar-refractivity contribution in [1.82, 2.24) is 19.7 Å². The fourth-order valence-corrected chi connectivity index (χ4v) is 3.94. The molecule has 1 aliphatic rings. The maximum absolute atomic E-state index is 14.5. The van der Waals surface area contributed by atoms with Crippen LogP contribution in [0.15, 0.2) is 15.8 Å². The lowest BCUT2D eigenvalue weighted by Crippen LogP contribution is -2.35. The number of hydrogen-bond donors (Lipinski definition) is 3. The minimum Gasteiger partial charge on any atom is -0.468 e. The smallest absolute Gasteiger partial charge is 0.341 e. The van der Waals surface area contributed by atoms with Gasteiger partial charge in [-0.05, 0) is 6.92 Å². The lowest BCUT2D eigenvalue weighted by molar-refractivity contribution is -0.139. The Hall–Kier alpha value is -2.38. The predicted octanol–water partition coefficient (Wildman–Crippen LogP) is -0.879. The standard InChI is InChI=1S/C16H24FN4O9P/c1-9-7-21(16(25)20-15(9)24)12-4-10(17)11(30-12)8-29-31(26,18-5-13(22)27-2)19-6-14(23)28-3/h7,10-12H,4-6,8H2,1-3H3,(H2,18,19,26)(H,20,24,25)/t10-,11+,12+/m0/s1. The van der Waals surface area contributed by atoms with Gasteiger partial charge in [0, 0.05) is 18.2 Å². The number of carbonyl (C=O) groups is 2. The quantitative estimate of drug-likeness (QED) is 0.289. The Balaban J connectivity index is 2.06. The third kappa shape index (κ3) is 6.80. The highest BCUT2D eigenvalue weighted by atomic mass is 31.2. The monoisotopic (exact) mass is 466 g/mol.